The zero-order valence-electron chi connectivity index (χ0n) is 7.38. The smallest absolute Gasteiger partial charge is 0.331 e. The highest BCUT2D eigenvalue weighted by Crippen LogP contribution is 2.05. The Labute approximate surface area is 83.3 Å². The van der Waals surface area contributed by atoms with Crippen molar-refractivity contribution in [2.45, 2.75) is 26.3 Å². The number of nitrogens with one attached hydrogen (secondary N) is 1. The van der Waals surface area contributed by atoms with E-state index in [0.717, 1.165) is 0 Å². The van der Waals surface area contributed by atoms with E-state index >= 15 is 0 Å². The fraction of sp³-hybridized carbons (Fsp3) is 0.714. The molecule has 0 saturated heterocycles. The van der Waals surface area contributed by atoms with Crippen LogP contribution in [-0.4, -0.2) is 22.4 Å². The van der Waals surface area contributed by atoms with Gasteiger partial charge in [0.2, 0.25) is 0 Å². The molecule has 0 aromatic carbocycles. The molecule has 0 aliphatic carbocycles. The van der Waals surface area contributed by atoms with Gasteiger partial charge in [-0.05, 0) is 20.8 Å². The number of hydrogen-bond acceptors (Lipinski definition) is 3. The van der Waals surface area contributed by atoms with Crippen molar-refractivity contribution >= 4 is 35.1 Å². The van der Waals surface area contributed by atoms with Crippen molar-refractivity contribution in [2.75, 3.05) is 6.61 Å². The largest absolute Gasteiger partial charge is 0.464 e. The second-order valence-corrected chi connectivity index (χ2v) is 3.93. The number of rotatable bonds is 3. The van der Waals surface area contributed by atoms with Crippen molar-refractivity contribution in [3.05, 3.63) is 0 Å². The summed E-state index contributed by atoms with van der Waals surface area (Å²) in [6.07, 6.45) is 0. The average Bonchev–Trinajstić information content (AvgIpc) is 1.85. The quantitative estimate of drug-likeness (QED) is 0.413. The standard InChI is InChI=1S/C7H13NO2S2/c1-4-10-5(9)7(2,3)8-6(11)12/h4H2,1-3H3,(H2,8,11,12). The van der Waals surface area contributed by atoms with Crippen molar-refractivity contribution in [3.63, 3.8) is 0 Å². The molecule has 0 bridgehead atoms. The minimum Gasteiger partial charge on any atom is -0.464 e. The third-order valence-corrected chi connectivity index (χ3v) is 1.42. The molecule has 0 spiro atoms. The summed E-state index contributed by atoms with van der Waals surface area (Å²) >= 11 is 8.56. The lowest BCUT2D eigenvalue weighted by Crippen LogP contribution is -2.48. The molecule has 0 aromatic rings. The van der Waals surface area contributed by atoms with E-state index in [4.69, 9.17) is 17.0 Å². The number of ether oxygens (including phenoxy) is 1. The lowest BCUT2D eigenvalue weighted by Gasteiger charge is -2.23. The van der Waals surface area contributed by atoms with Gasteiger partial charge in [0, 0.05) is 0 Å². The molecule has 0 radical (unpaired) electrons. The van der Waals surface area contributed by atoms with Gasteiger partial charge in [0.1, 0.15) is 9.86 Å². The van der Waals surface area contributed by atoms with Crippen LogP contribution >= 0.6 is 24.8 Å². The molecular weight excluding hydrogens is 194 g/mol. The van der Waals surface area contributed by atoms with Gasteiger partial charge >= 0.3 is 5.97 Å². The van der Waals surface area contributed by atoms with E-state index in [1.54, 1.807) is 20.8 Å². The Hall–Kier alpha value is -0.290. The monoisotopic (exact) mass is 207 g/mol. The lowest BCUT2D eigenvalue weighted by molar-refractivity contribution is -0.149. The van der Waals surface area contributed by atoms with Crippen molar-refractivity contribution in [1.82, 2.24) is 5.32 Å². The summed E-state index contributed by atoms with van der Waals surface area (Å²) in [6.45, 7) is 5.50. The highest BCUT2D eigenvalue weighted by molar-refractivity contribution is 8.11. The summed E-state index contributed by atoms with van der Waals surface area (Å²) in [5.74, 6) is -0.332. The summed E-state index contributed by atoms with van der Waals surface area (Å²) in [7, 11) is 0. The number of hydrogen-bond donors (Lipinski definition) is 2. The molecule has 0 atom stereocenters. The van der Waals surface area contributed by atoms with Crippen molar-refractivity contribution in [3.8, 4) is 0 Å². The van der Waals surface area contributed by atoms with Crippen LogP contribution in [0.25, 0.3) is 0 Å². The Balaban J connectivity index is 4.18. The Kier molecular flexibility index (Phi) is 4.55. The van der Waals surface area contributed by atoms with Crippen LogP contribution in [0.2, 0.25) is 0 Å². The molecule has 12 heavy (non-hydrogen) atoms. The highest BCUT2D eigenvalue weighted by Gasteiger charge is 2.28. The van der Waals surface area contributed by atoms with E-state index in [2.05, 4.69) is 17.9 Å². The third kappa shape index (κ3) is 3.92. The number of thiol groups is 1. The predicted molar refractivity (Wildman–Crippen MR) is 55.4 cm³/mol. The molecule has 0 rings (SSSR count). The van der Waals surface area contributed by atoms with E-state index < -0.39 is 5.54 Å². The maximum atomic E-state index is 11.2. The number of carbonyl (C=O) groups is 1. The first-order chi connectivity index (χ1) is 5.40. The molecule has 0 unspecified atom stereocenters. The van der Waals surface area contributed by atoms with Gasteiger partial charge in [-0.2, -0.15) is 0 Å². The lowest BCUT2D eigenvalue weighted by atomic mass is 10.1. The van der Waals surface area contributed by atoms with Gasteiger partial charge in [0.15, 0.2) is 0 Å². The summed E-state index contributed by atoms with van der Waals surface area (Å²) in [5.41, 5.74) is -0.797. The van der Waals surface area contributed by atoms with Crippen LogP contribution < -0.4 is 5.32 Å². The van der Waals surface area contributed by atoms with Gasteiger partial charge in [-0.25, -0.2) is 4.79 Å². The Morgan fingerprint density at radius 2 is 2.17 bits per heavy atom. The second-order valence-electron chi connectivity index (χ2n) is 2.78. The normalized spacial score (nSPS) is 10.7. The number of esters is 1. The highest BCUT2D eigenvalue weighted by atomic mass is 32.1. The Morgan fingerprint density at radius 3 is 2.50 bits per heavy atom. The topological polar surface area (TPSA) is 38.3 Å². The molecule has 1 N–H and O–H groups in total. The van der Waals surface area contributed by atoms with Gasteiger partial charge in [-0.3, -0.25) is 0 Å². The summed E-state index contributed by atoms with van der Waals surface area (Å²) in [4.78, 5) is 11.2. The van der Waals surface area contributed by atoms with Gasteiger partial charge in [-0.1, -0.05) is 12.2 Å². The minimum absolute atomic E-state index is 0.285. The molecule has 0 aliphatic heterocycles. The van der Waals surface area contributed by atoms with E-state index in [1.165, 1.54) is 0 Å². The van der Waals surface area contributed by atoms with Crippen LogP contribution in [0.4, 0.5) is 0 Å². The van der Waals surface area contributed by atoms with E-state index in [-0.39, 0.29) is 10.3 Å². The summed E-state index contributed by atoms with van der Waals surface area (Å²) in [5, 5.41) is 2.72. The molecule has 0 heterocycles. The molecule has 0 saturated carbocycles. The summed E-state index contributed by atoms with van der Waals surface area (Å²) in [6, 6.07) is 0. The number of carbonyl (C=O) groups excluding carboxylic acids is 1. The maximum absolute atomic E-state index is 11.2. The number of thiocarbonyl (C=S) groups is 1. The van der Waals surface area contributed by atoms with E-state index in [1.807, 2.05) is 0 Å². The van der Waals surface area contributed by atoms with Crippen LogP contribution in [0, 0.1) is 0 Å². The average molecular weight is 207 g/mol. The molecule has 0 amide bonds. The van der Waals surface area contributed by atoms with Crippen LogP contribution in [0.15, 0.2) is 0 Å². The Bertz CT molecular complexity index is 192. The summed E-state index contributed by atoms with van der Waals surface area (Å²) < 4.78 is 5.10. The van der Waals surface area contributed by atoms with Gasteiger partial charge in [0.05, 0.1) is 6.61 Å². The first-order valence-electron chi connectivity index (χ1n) is 3.58. The van der Waals surface area contributed by atoms with Crippen LogP contribution in [0.1, 0.15) is 20.8 Å². The molecule has 70 valence electrons. The third-order valence-electron chi connectivity index (χ3n) is 1.21. The van der Waals surface area contributed by atoms with E-state index in [0.29, 0.717) is 6.61 Å². The minimum atomic E-state index is -0.797. The van der Waals surface area contributed by atoms with Gasteiger partial charge in [-0.15, -0.1) is 12.6 Å². The first-order valence-corrected chi connectivity index (χ1v) is 4.44. The van der Waals surface area contributed by atoms with Gasteiger partial charge in [0.25, 0.3) is 0 Å². The molecule has 5 heteroatoms. The predicted octanol–water partition coefficient (Wildman–Crippen LogP) is 1.13. The SMILES string of the molecule is CCOC(=O)C(C)(C)NC(=S)S. The Morgan fingerprint density at radius 1 is 1.67 bits per heavy atom. The van der Waals surface area contributed by atoms with Crippen LogP contribution in [0.5, 0.6) is 0 Å². The van der Waals surface area contributed by atoms with Gasteiger partial charge < -0.3 is 10.1 Å². The van der Waals surface area contributed by atoms with E-state index in [9.17, 15) is 4.79 Å². The fourth-order valence-electron chi connectivity index (χ4n) is 0.630. The maximum Gasteiger partial charge on any atom is 0.331 e. The zero-order chi connectivity index (χ0) is 9.78. The molecule has 0 aromatic heterocycles. The van der Waals surface area contributed by atoms with Crippen molar-refractivity contribution in [2.24, 2.45) is 0 Å². The second kappa shape index (κ2) is 4.67. The fourth-order valence-corrected chi connectivity index (χ4v) is 1.16. The molecular formula is C7H13NO2S2. The first kappa shape index (κ1) is 11.7. The molecule has 0 aliphatic rings. The van der Waals surface area contributed by atoms with Crippen molar-refractivity contribution in [1.29, 1.82) is 0 Å². The van der Waals surface area contributed by atoms with Crippen LogP contribution in [-0.2, 0) is 9.53 Å². The zero-order valence-corrected chi connectivity index (χ0v) is 9.09. The molecule has 3 nitrogen and oxygen atoms in total. The molecule has 0 fully saturated rings. The van der Waals surface area contributed by atoms with Crippen molar-refractivity contribution < 1.29 is 9.53 Å². The van der Waals surface area contributed by atoms with Crippen LogP contribution in [0.3, 0.4) is 0 Å².